The molecule has 5 nitrogen and oxygen atoms in total. The van der Waals surface area contributed by atoms with Gasteiger partial charge in [-0.25, -0.2) is 4.98 Å². The topological polar surface area (TPSA) is 48.5 Å². The fourth-order valence-electron chi connectivity index (χ4n) is 3.89. The van der Waals surface area contributed by atoms with E-state index in [1.165, 1.54) is 0 Å². The Morgan fingerprint density at radius 3 is 2.62 bits per heavy atom. The first kappa shape index (κ1) is 23.0. The molecule has 0 aromatic carbocycles. The average molecular weight is 403 g/mol. The van der Waals surface area contributed by atoms with E-state index in [4.69, 9.17) is 0 Å². The molecule has 2 fully saturated rings. The molecule has 7 heteroatoms. The summed E-state index contributed by atoms with van der Waals surface area (Å²) in [5.41, 5.74) is 0. The Bertz CT molecular complexity index is 518. The molecular formula is C19H32Cl2N4O. The van der Waals surface area contributed by atoms with Gasteiger partial charge in [-0.1, -0.05) is 6.07 Å². The maximum absolute atomic E-state index is 12.8. The number of nitrogens with zero attached hydrogens (tertiary/aromatic N) is 3. The summed E-state index contributed by atoms with van der Waals surface area (Å²) in [6.07, 6.45) is 6.31. The normalized spacial score (nSPS) is 20.7. The smallest absolute Gasteiger partial charge is 0.226 e. The molecular weight excluding hydrogens is 371 g/mol. The lowest BCUT2D eigenvalue weighted by atomic mass is 9.94. The lowest BCUT2D eigenvalue weighted by Gasteiger charge is -2.36. The quantitative estimate of drug-likeness (QED) is 0.821. The van der Waals surface area contributed by atoms with Crippen molar-refractivity contribution in [3.8, 4) is 0 Å². The van der Waals surface area contributed by atoms with E-state index in [1.807, 2.05) is 18.3 Å². The monoisotopic (exact) mass is 402 g/mol. The van der Waals surface area contributed by atoms with Crippen LogP contribution in [0.4, 0.5) is 5.82 Å². The number of nitrogens with one attached hydrogen (secondary N) is 1. The second kappa shape index (κ2) is 11.6. The van der Waals surface area contributed by atoms with Crippen LogP contribution >= 0.6 is 24.8 Å². The minimum absolute atomic E-state index is 0. The molecule has 1 atom stereocenters. The van der Waals surface area contributed by atoms with Gasteiger partial charge in [0.25, 0.3) is 0 Å². The molecule has 26 heavy (non-hydrogen) atoms. The third-order valence-electron chi connectivity index (χ3n) is 5.41. The summed E-state index contributed by atoms with van der Waals surface area (Å²) in [7, 11) is 0. The number of amides is 1. The zero-order chi connectivity index (χ0) is 16.8. The molecule has 1 aromatic heterocycles. The summed E-state index contributed by atoms with van der Waals surface area (Å²) in [4.78, 5) is 21.7. The predicted molar refractivity (Wildman–Crippen MR) is 112 cm³/mol. The molecule has 148 valence electrons. The number of hydrogen-bond donors (Lipinski definition) is 1. The summed E-state index contributed by atoms with van der Waals surface area (Å²) in [6, 6.07) is 6.09. The van der Waals surface area contributed by atoms with E-state index in [2.05, 4.69) is 33.1 Å². The molecule has 1 amide bonds. The number of rotatable bonds is 5. The first-order valence-corrected chi connectivity index (χ1v) is 9.43. The lowest BCUT2D eigenvalue weighted by Crippen LogP contribution is -2.46. The van der Waals surface area contributed by atoms with Gasteiger partial charge in [0.1, 0.15) is 5.82 Å². The van der Waals surface area contributed by atoms with Gasteiger partial charge in [0.05, 0.1) is 5.92 Å². The van der Waals surface area contributed by atoms with Crippen LogP contribution in [0.2, 0.25) is 0 Å². The van der Waals surface area contributed by atoms with Gasteiger partial charge in [0, 0.05) is 38.9 Å². The van der Waals surface area contributed by atoms with Gasteiger partial charge >= 0.3 is 0 Å². The third-order valence-corrected chi connectivity index (χ3v) is 5.41. The Morgan fingerprint density at radius 1 is 1.27 bits per heavy atom. The van der Waals surface area contributed by atoms with E-state index in [-0.39, 0.29) is 30.7 Å². The molecule has 1 unspecified atom stereocenters. The number of aromatic nitrogens is 1. The molecule has 0 aliphatic carbocycles. The standard InChI is InChI=1S/C19H30N4O.2ClH/c1-2-22(19(24)17-6-5-10-20-14-17)15-16-8-12-23(13-9-16)18-7-3-4-11-21-18;;/h3-4,7,11,16-17,20H,2,5-6,8-10,12-15H2,1H3;2*1H. The second-order valence-corrected chi connectivity index (χ2v) is 7.04. The van der Waals surface area contributed by atoms with Crippen molar-refractivity contribution in [1.29, 1.82) is 0 Å². The number of anilines is 1. The highest BCUT2D eigenvalue weighted by Gasteiger charge is 2.28. The Kier molecular flexibility index (Phi) is 10.3. The van der Waals surface area contributed by atoms with Crippen LogP contribution in [0.1, 0.15) is 32.6 Å². The number of carbonyl (C=O) groups excluding carboxylic acids is 1. The van der Waals surface area contributed by atoms with E-state index in [9.17, 15) is 4.79 Å². The first-order valence-electron chi connectivity index (χ1n) is 9.43. The van der Waals surface area contributed by atoms with Crippen LogP contribution in [0.25, 0.3) is 0 Å². The van der Waals surface area contributed by atoms with Crippen LogP contribution in [0, 0.1) is 11.8 Å². The number of carbonyl (C=O) groups is 1. The Balaban J connectivity index is 0.00000169. The molecule has 2 aliphatic rings. The lowest BCUT2D eigenvalue weighted by molar-refractivity contribution is -0.136. The first-order chi connectivity index (χ1) is 11.8. The highest BCUT2D eigenvalue weighted by Crippen LogP contribution is 2.23. The van der Waals surface area contributed by atoms with Gasteiger partial charge in [-0.3, -0.25) is 4.79 Å². The van der Waals surface area contributed by atoms with Crippen LogP contribution < -0.4 is 10.2 Å². The minimum Gasteiger partial charge on any atom is -0.357 e. The van der Waals surface area contributed by atoms with Crippen molar-refractivity contribution in [2.75, 3.05) is 44.2 Å². The molecule has 3 rings (SSSR count). The van der Waals surface area contributed by atoms with Crippen LogP contribution in [-0.4, -0.2) is 55.1 Å². The van der Waals surface area contributed by atoms with E-state index < -0.39 is 0 Å². The number of hydrogen-bond acceptors (Lipinski definition) is 4. The van der Waals surface area contributed by atoms with E-state index in [1.54, 1.807) is 0 Å². The van der Waals surface area contributed by atoms with Crippen molar-refractivity contribution in [3.05, 3.63) is 24.4 Å². The van der Waals surface area contributed by atoms with Crippen molar-refractivity contribution in [1.82, 2.24) is 15.2 Å². The highest BCUT2D eigenvalue weighted by molar-refractivity contribution is 5.85. The third kappa shape index (κ3) is 6.00. The number of halogens is 2. The zero-order valence-electron chi connectivity index (χ0n) is 15.6. The molecule has 2 saturated heterocycles. The maximum Gasteiger partial charge on any atom is 0.226 e. The van der Waals surface area contributed by atoms with Gasteiger partial charge in [-0.2, -0.15) is 0 Å². The largest absolute Gasteiger partial charge is 0.357 e. The predicted octanol–water partition coefficient (Wildman–Crippen LogP) is 2.99. The van der Waals surface area contributed by atoms with Crippen LogP contribution in [0.15, 0.2) is 24.4 Å². The Hall–Kier alpha value is -1.04. The molecule has 2 aliphatic heterocycles. The van der Waals surface area contributed by atoms with Gasteiger partial charge in [-0.15, -0.1) is 24.8 Å². The summed E-state index contributed by atoms with van der Waals surface area (Å²) in [6.45, 7) is 7.85. The fraction of sp³-hybridized carbons (Fsp3) is 0.684. The molecule has 0 bridgehead atoms. The molecule has 1 aromatic rings. The summed E-state index contributed by atoms with van der Waals surface area (Å²) < 4.78 is 0. The van der Waals surface area contributed by atoms with Crippen molar-refractivity contribution in [2.45, 2.75) is 32.6 Å². The summed E-state index contributed by atoms with van der Waals surface area (Å²) in [5.74, 6) is 2.24. The Labute approximate surface area is 169 Å². The summed E-state index contributed by atoms with van der Waals surface area (Å²) >= 11 is 0. The van der Waals surface area contributed by atoms with Crippen molar-refractivity contribution in [3.63, 3.8) is 0 Å². The van der Waals surface area contributed by atoms with Crippen LogP contribution in [-0.2, 0) is 4.79 Å². The zero-order valence-corrected chi connectivity index (χ0v) is 17.2. The minimum atomic E-state index is 0. The van der Waals surface area contributed by atoms with Gasteiger partial charge in [0.2, 0.25) is 5.91 Å². The highest BCUT2D eigenvalue weighted by atomic mass is 35.5. The molecule has 3 heterocycles. The average Bonchev–Trinajstić information content (AvgIpc) is 2.67. The van der Waals surface area contributed by atoms with Gasteiger partial charge < -0.3 is 15.1 Å². The summed E-state index contributed by atoms with van der Waals surface area (Å²) in [5, 5.41) is 3.36. The van der Waals surface area contributed by atoms with Gasteiger partial charge in [0.15, 0.2) is 0 Å². The van der Waals surface area contributed by atoms with Crippen molar-refractivity contribution < 1.29 is 4.79 Å². The van der Waals surface area contributed by atoms with Crippen LogP contribution in [0.3, 0.4) is 0 Å². The molecule has 0 spiro atoms. The van der Waals surface area contributed by atoms with Gasteiger partial charge in [-0.05, 0) is 57.2 Å². The van der Waals surface area contributed by atoms with Crippen molar-refractivity contribution in [2.24, 2.45) is 11.8 Å². The maximum atomic E-state index is 12.8. The number of piperidine rings is 2. The number of pyridine rings is 1. The van der Waals surface area contributed by atoms with E-state index in [0.29, 0.717) is 11.8 Å². The van der Waals surface area contributed by atoms with E-state index >= 15 is 0 Å². The fourth-order valence-corrected chi connectivity index (χ4v) is 3.89. The molecule has 1 N–H and O–H groups in total. The molecule has 0 saturated carbocycles. The SMILES string of the molecule is CCN(CC1CCN(c2ccccn2)CC1)C(=O)C1CCCNC1.Cl.Cl. The van der Waals surface area contributed by atoms with Crippen LogP contribution in [0.5, 0.6) is 0 Å². The second-order valence-electron chi connectivity index (χ2n) is 7.04. The Morgan fingerprint density at radius 2 is 2.04 bits per heavy atom. The molecule has 0 radical (unpaired) electrons. The van der Waals surface area contributed by atoms with E-state index in [0.717, 1.165) is 70.8 Å². The van der Waals surface area contributed by atoms with Crippen molar-refractivity contribution >= 4 is 36.5 Å².